The maximum Gasteiger partial charge on any atom is 0.257 e. The molecule has 0 saturated carbocycles. The number of nitrogens with zero attached hydrogens (tertiary/aromatic N) is 1. The molecule has 8 nitrogen and oxygen atoms in total. The molecule has 18 heavy (non-hydrogen) atoms. The van der Waals surface area contributed by atoms with Gasteiger partial charge in [0.2, 0.25) is 0 Å². The Labute approximate surface area is 104 Å². The number of ether oxygens (including phenoxy) is 2. The number of aromatic amines is 1. The number of H-pyrrole nitrogens is 1. The Bertz CT molecular complexity index is 480. The minimum atomic E-state index is -3.72. The third-order valence-corrected chi connectivity index (χ3v) is 3.94. The third kappa shape index (κ3) is 3.06. The molecule has 3 N–H and O–H groups in total. The van der Waals surface area contributed by atoms with Crippen molar-refractivity contribution < 1.29 is 23.0 Å². The molecular formula is C9H15N3O5S. The van der Waals surface area contributed by atoms with E-state index in [0.717, 1.165) is 0 Å². The summed E-state index contributed by atoms with van der Waals surface area (Å²) >= 11 is 0. The fourth-order valence-electron chi connectivity index (χ4n) is 1.57. The highest BCUT2D eigenvalue weighted by Gasteiger charge is 2.23. The van der Waals surface area contributed by atoms with E-state index in [4.69, 9.17) is 14.6 Å². The molecule has 1 aliphatic heterocycles. The molecule has 0 bridgehead atoms. The van der Waals surface area contributed by atoms with Crippen LogP contribution >= 0.6 is 0 Å². The van der Waals surface area contributed by atoms with Crippen LogP contribution in [0.4, 0.5) is 0 Å². The number of aromatic nitrogens is 2. The number of aliphatic hydroxyl groups excluding tert-OH is 1. The lowest BCUT2D eigenvalue weighted by Gasteiger charge is -2.22. The van der Waals surface area contributed by atoms with Gasteiger partial charge in [0.1, 0.15) is 0 Å². The van der Waals surface area contributed by atoms with E-state index in [0.29, 0.717) is 19.8 Å². The molecule has 1 saturated heterocycles. The van der Waals surface area contributed by atoms with Gasteiger partial charge < -0.3 is 14.6 Å². The SMILES string of the molecule is O=S(=O)(NCC1COCCO1)c1[nH]ncc1CO. The van der Waals surface area contributed by atoms with Crippen LogP contribution in [0, 0.1) is 0 Å². The Morgan fingerprint density at radius 2 is 2.39 bits per heavy atom. The van der Waals surface area contributed by atoms with Crippen molar-refractivity contribution in [3.05, 3.63) is 11.8 Å². The summed E-state index contributed by atoms with van der Waals surface area (Å²) in [6.07, 6.45) is 0.975. The monoisotopic (exact) mass is 277 g/mol. The summed E-state index contributed by atoms with van der Waals surface area (Å²) < 4.78 is 36.7. The molecule has 1 atom stereocenters. The van der Waals surface area contributed by atoms with Crippen molar-refractivity contribution >= 4 is 10.0 Å². The molecule has 1 fully saturated rings. The maximum atomic E-state index is 11.9. The molecule has 0 aliphatic carbocycles. The lowest BCUT2D eigenvalue weighted by atomic mass is 10.3. The van der Waals surface area contributed by atoms with Gasteiger partial charge in [0, 0.05) is 12.1 Å². The summed E-state index contributed by atoms with van der Waals surface area (Å²) in [5, 5.41) is 14.8. The standard InChI is InChI=1S/C9H15N3O5S/c13-5-7-3-10-12-9(7)18(14,15)11-4-8-6-16-1-2-17-8/h3,8,11,13H,1-2,4-6H2,(H,10,12). The van der Waals surface area contributed by atoms with Crippen LogP contribution in [-0.4, -0.2) is 56.2 Å². The summed E-state index contributed by atoms with van der Waals surface area (Å²) in [6, 6.07) is 0. The first kappa shape index (κ1) is 13.4. The number of sulfonamides is 1. The molecule has 2 heterocycles. The fourth-order valence-corrected chi connectivity index (χ4v) is 2.76. The Morgan fingerprint density at radius 3 is 3.06 bits per heavy atom. The minimum Gasteiger partial charge on any atom is -0.392 e. The van der Waals surface area contributed by atoms with Gasteiger partial charge in [0.25, 0.3) is 10.0 Å². The van der Waals surface area contributed by atoms with Gasteiger partial charge in [-0.25, -0.2) is 13.1 Å². The molecule has 0 aromatic carbocycles. The molecule has 1 unspecified atom stereocenters. The van der Waals surface area contributed by atoms with Crippen molar-refractivity contribution in [1.29, 1.82) is 0 Å². The molecule has 2 rings (SSSR count). The van der Waals surface area contributed by atoms with Crippen LogP contribution in [0.1, 0.15) is 5.56 Å². The van der Waals surface area contributed by atoms with Crippen LogP contribution in [0.15, 0.2) is 11.2 Å². The summed E-state index contributed by atoms with van der Waals surface area (Å²) in [5.41, 5.74) is 0.225. The van der Waals surface area contributed by atoms with Crippen molar-refractivity contribution in [1.82, 2.24) is 14.9 Å². The molecule has 9 heteroatoms. The van der Waals surface area contributed by atoms with Gasteiger partial charge in [0.15, 0.2) is 5.03 Å². The second-order valence-corrected chi connectivity index (χ2v) is 5.51. The van der Waals surface area contributed by atoms with E-state index in [1.165, 1.54) is 6.20 Å². The first-order valence-corrected chi connectivity index (χ1v) is 6.94. The van der Waals surface area contributed by atoms with E-state index in [9.17, 15) is 8.42 Å². The first-order chi connectivity index (χ1) is 8.63. The van der Waals surface area contributed by atoms with E-state index in [-0.39, 0.29) is 23.2 Å². The van der Waals surface area contributed by atoms with E-state index >= 15 is 0 Å². The highest BCUT2D eigenvalue weighted by molar-refractivity contribution is 7.89. The quantitative estimate of drug-likeness (QED) is 0.610. The van der Waals surface area contributed by atoms with Gasteiger partial charge in [0.05, 0.1) is 38.7 Å². The van der Waals surface area contributed by atoms with Gasteiger partial charge >= 0.3 is 0 Å². The van der Waals surface area contributed by atoms with Gasteiger partial charge in [-0.15, -0.1) is 0 Å². The van der Waals surface area contributed by atoms with Crippen LogP contribution in [0.3, 0.4) is 0 Å². The zero-order valence-corrected chi connectivity index (χ0v) is 10.4. The smallest absolute Gasteiger partial charge is 0.257 e. The second kappa shape index (κ2) is 5.76. The van der Waals surface area contributed by atoms with Crippen molar-refractivity contribution in [3.8, 4) is 0 Å². The molecule has 1 aromatic rings. The number of rotatable bonds is 5. The average Bonchev–Trinajstić information content (AvgIpc) is 2.87. The molecule has 102 valence electrons. The van der Waals surface area contributed by atoms with Crippen molar-refractivity contribution in [2.75, 3.05) is 26.4 Å². The zero-order valence-electron chi connectivity index (χ0n) is 9.63. The van der Waals surface area contributed by atoms with Crippen molar-refractivity contribution in [3.63, 3.8) is 0 Å². The van der Waals surface area contributed by atoms with Crippen molar-refractivity contribution in [2.24, 2.45) is 0 Å². The Balaban J connectivity index is 1.99. The van der Waals surface area contributed by atoms with Crippen LogP contribution < -0.4 is 4.72 Å². The Kier molecular flexibility index (Phi) is 4.30. The Hall–Kier alpha value is -1.00. The predicted octanol–water partition coefficient (Wildman–Crippen LogP) is -1.40. The second-order valence-electron chi connectivity index (χ2n) is 3.80. The predicted molar refractivity (Wildman–Crippen MR) is 60.3 cm³/mol. The third-order valence-electron chi connectivity index (χ3n) is 2.50. The number of nitrogens with one attached hydrogen (secondary N) is 2. The summed E-state index contributed by atoms with van der Waals surface area (Å²) in [6.45, 7) is 1.07. The van der Waals surface area contributed by atoms with Crippen molar-refractivity contribution in [2.45, 2.75) is 17.7 Å². The van der Waals surface area contributed by atoms with Crippen LogP contribution in [0.25, 0.3) is 0 Å². The topological polar surface area (TPSA) is 114 Å². The summed E-state index contributed by atoms with van der Waals surface area (Å²) in [4.78, 5) is 0. The number of hydrogen-bond donors (Lipinski definition) is 3. The molecule has 0 amide bonds. The average molecular weight is 277 g/mol. The van der Waals surface area contributed by atoms with E-state index < -0.39 is 16.6 Å². The summed E-state index contributed by atoms with van der Waals surface area (Å²) in [7, 11) is -3.72. The molecule has 1 aromatic heterocycles. The highest BCUT2D eigenvalue weighted by Crippen LogP contribution is 2.11. The normalized spacial score (nSPS) is 21.1. The van der Waals surface area contributed by atoms with E-state index in [1.807, 2.05) is 0 Å². The lowest BCUT2D eigenvalue weighted by molar-refractivity contribution is -0.0847. The zero-order chi connectivity index (χ0) is 13.0. The van der Waals surface area contributed by atoms with Crippen LogP contribution in [-0.2, 0) is 26.1 Å². The Morgan fingerprint density at radius 1 is 1.56 bits per heavy atom. The van der Waals surface area contributed by atoms with Gasteiger partial charge in [-0.3, -0.25) is 5.10 Å². The fraction of sp³-hybridized carbons (Fsp3) is 0.667. The lowest BCUT2D eigenvalue weighted by Crippen LogP contribution is -2.39. The van der Waals surface area contributed by atoms with Gasteiger partial charge in [-0.2, -0.15) is 5.10 Å². The van der Waals surface area contributed by atoms with Crippen LogP contribution in [0.5, 0.6) is 0 Å². The van der Waals surface area contributed by atoms with E-state index in [2.05, 4.69) is 14.9 Å². The van der Waals surface area contributed by atoms with Gasteiger partial charge in [-0.05, 0) is 0 Å². The molecule has 0 radical (unpaired) electrons. The highest BCUT2D eigenvalue weighted by atomic mass is 32.2. The van der Waals surface area contributed by atoms with Crippen LogP contribution in [0.2, 0.25) is 0 Å². The maximum absolute atomic E-state index is 11.9. The number of hydrogen-bond acceptors (Lipinski definition) is 6. The van der Waals surface area contributed by atoms with Gasteiger partial charge in [-0.1, -0.05) is 0 Å². The summed E-state index contributed by atoms with van der Waals surface area (Å²) in [5.74, 6) is 0. The minimum absolute atomic E-state index is 0.117. The molecule has 1 aliphatic rings. The largest absolute Gasteiger partial charge is 0.392 e. The first-order valence-electron chi connectivity index (χ1n) is 5.45. The van der Waals surface area contributed by atoms with E-state index in [1.54, 1.807) is 0 Å². The number of aliphatic hydroxyl groups is 1. The molecular weight excluding hydrogens is 262 g/mol. The molecule has 0 spiro atoms.